The van der Waals surface area contributed by atoms with Gasteiger partial charge in [-0.1, -0.05) is 48.0 Å². The first kappa shape index (κ1) is 21.0. The summed E-state index contributed by atoms with van der Waals surface area (Å²) in [5.74, 6) is 1.39. The van der Waals surface area contributed by atoms with E-state index in [1.807, 2.05) is 37.3 Å². The van der Waals surface area contributed by atoms with E-state index in [4.69, 9.17) is 4.42 Å². The van der Waals surface area contributed by atoms with Gasteiger partial charge in [-0.2, -0.15) is 0 Å². The van der Waals surface area contributed by atoms with Gasteiger partial charge in [-0.15, -0.1) is 24.0 Å². The average Bonchev–Trinajstić information content (AvgIpc) is 3.14. The highest BCUT2D eigenvalue weighted by molar-refractivity contribution is 14.0. The predicted octanol–water partition coefficient (Wildman–Crippen LogP) is 4.52. The lowest BCUT2D eigenvalue weighted by Crippen LogP contribution is -2.36. The summed E-state index contributed by atoms with van der Waals surface area (Å²) in [6.07, 6.45) is 1.68. The molecular weight excluding hydrogens is 451 g/mol. The molecule has 0 saturated heterocycles. The Labute approximate surface area is 177 Å². The SMILES string of the molecule is CCNC(=NCc1cccc(C)c1)NCc1coc(-c2ccccc2)n1.I. The number of halogens is 1. The molecule has 27 heavy (non-hydrogen) atoms. The minimum atomic E-state index is 0. The third kappa shape index (κ3) is 6.39. The zero-order chi connectivity index (χ0) is 18.2. The Balaban J connectivity index is 0.00000261. The smallest absolute Gasteiger partial charge is 0.226 e. The highest BCUT2D eigenvalue weighted by Crippen LogP contribution is 2.17. The third-order valence-corrected chi connectivity index (χ3v) is 3.86. The van der Waals surface area contributed by atoms with Crippen molar-refractivity contribution in [2.45, 2.75) is 26.9 Å². The average molecular weight is 476 g/mol. The number of nitrogens with zero attached hydrogens (tertiary/aromatic N) is 2. The maximum Gasteiger partial charge on any atom is 0.226 e. The van der Waals surface area contributed by atoms with E-state index in [9.17, 15) is 0 Å². The number of oxazole rings is 1. The number of nitrogens with one attached hydrogen (secondary N) is 2. The molecule has 0 atom stereocenters. The first-order chi connectivity index (χ1) is 12.7. The first-order valence-corrected chi connectivity index (χ1v) is 8.82. The quantitative estimate of drug-likeness (QED) is 0.312. The number of aliphatic imine (C=N–C) groups is 1. The molecule has 1 aromatic heterocycles. The maximum atomic E-state index is 5.57. The van der Waals surface area contributed by atoms with E-state index < -0.39 is 0 Å². The Hall–Kier alpha value is -2.35. The molecule has 0 aliphatic carbocycles. The number of rotatable bonds is 6. The summed E-state index contributed by atoms with van der Waals surface area (Å²) < 4.78 is 5.57. The molecule has 0 bridgehead atoms. The van der Waals surface area contributed by atoms with Crippen molar-refractivity contribution >= 4 is 29.9 Å². The fourth-order valence-corrected chi connectivity index (χ4v) is 2.60. The van der Waals surface area contributed by atoms with Crippen molar-refractivity contribution < 1.29 is 4.42 Å². The summed E-state index contributed by atoms with van der Waals surface area (Å²) in [6.45, 7) is 6.12. The van der Waals surface area contributed by atoms with Gasteiger partial charge in [0, 0.05) is 12.1 Å². The lowest BCUT2D eigenvalue weighted by Gasteiger charge is -2.10. The van der Waals surface area contributed by atoms with Crippen molar-refractivity contribution in [2.24, 2.45) is 4.99 Å². The van der Waals surface area contributed by atoms with Gasteiger partial charge in [0.25, 0.3) is 0 Å². The van der Waals surface area contributed by atoms with Crippen molar-refractivity contribution in [2.75, 3.05) is 6.54 Å². The van der Waals surface area contributed by atoms with Crippen molar-refractivity contribution in [1.82, 2.24) is 15.6 Å². The van der Waals surface area contributed by atoms with Crippen molar-refractivity contribution in [3.63, 3.8) is 0 Å². The molecule has 0 aliphatic heterocycles. The van der Waals surface area contributed by atoms with Gasteiger partial charge in [0.1, 0.15) is 6.26 Å². The second-order valence-electron chi connectivity index (χ2n) is 6.05. The number of hydrogen-bond acceptors (Lipinski definition) is 3. The van der Waals surface area contributed by atoms with E-state index in [0.717, 1.165) is 23.8 Å². The highest BCUT2D eigenvalue weighted by Gasteiger charge is 2.07. The van der Waals surface area contributed by atoms with Crippen LogP contribution in [0.4, 0.5) is 0 Å². The molecule has 6 heteroatoms. The third-order valence-electron chi connectivity index (χ3n) is 3.86. The summed E-state index contributed by atoms with van der Waals surface area (Å²) >= 11 is 0. The molecule has 142 valence electrons. The van der Waals surface area contributed by atoms with Crippen molar-refractivity contribution in [3.8, 4) is 11.5 Å². The first-order valence-electron chi connectivity index (χ1n) is 8.82. The van der Waals surface area contributed by atoms with Crippen LogP contribution in [0.2, 0.25) is 0 Å². The van der Waals surface area contributed by atoms with Gasteiger partial charge < -0.3 is 15.1 Å². The molecule has 1 heterocycles. The zero-order valence-electron chi connectivity index (χ0n) is 15.6. The van der Waals surface area contributed by atoms with Crippen LogP contribution >= 0.6 is 24.0 Å². The number of hydrogen-bond donors (Lipinski definition) is 2. The topological polar surface area (TPSA) is 62.5 Å². The Kier molecular flexibility index (Phi) is 8.32. The molecule has 5 nitrogen and oxygen atoms in total. The predicted molar refractivity (Wildman–Crippen MR) is 120 cm³/mol. The fraction of sp³-hybridized carbons (Fsp3) is 0.238. The Bertz CT molecular complexity index is 861. The van der Waals surface area contributed by atoms with E-state index >= 15 is 0 Å². The lowest BCUT2D eigenvalue weighted by atomic mass is 10.1. The van der Waals surface area contributed by atoms with Crippen LogP contribution in [-0.2, 0) is 13.1 Å². The summed E-state index contributed by atoms with van der Waals surface area (Å²) in [5.41, 5.74) is 4.24. The molecule has 0 fully saturated rings. The summed E-state index contributed by atoms with van der Waals surface area (Å²) in [6, 6.07) is 18.3. The van der Waals surface area contributed by atoms with Gasteiger partial charge in [-0.25, -0.2) is 9.98 Å². The molecule has 0 amide bonds. The van der Waals surface area contributed by atoms with Crippen LogP contribution in [-0.4, -0.2) is 17.5 Å². The van der Waals surface area contributed by atoms with Crippen LogP contribution in [0.5, 0.6) is 0 Å². The number of guanidine groups is 1. The summed E-state index contributed by atoms with van der Waals surface area (Å²) in [4.78, 5) is 9.17. The minimum absolute atomic E-state index is 0. The molecule has 0 spiro atoms. The lowest BCUT2D eigenvalue weighted by molar-refractivity contribution is 0.572. The van der Waals surface area contributed by atoms with Gasteiger partial charge in [0.2, 0.25) is 5.89 Å². The van der Waals surface area contributed by atoms with Crippen LogP contribution in [0, 0.1) is 6.92 Å². The highest BCUT2D eigenvalue weighted by atomic mass is 127. The van der Waals surface area contributed by atoms with Crippen LogP contribution in [0.25, 0.3) is 11.5 Å². The summed E-state index contributed by atoms with van der Waals surface area (Å²) in [7, 11) is 0. The second-order valence-corrected chi connectivity index (χ2v) is 6.05. The van der Waals surface area contributed by atoms with E-state index in [1.54, 1.807) is 6.26 Å². The molecule has 2 N–H and O–H groups in total. The largest absolute Gasteiger partial charge is 0.444 e. The van der Waals surface area contributed by atoms with Gasteiger partial charge in [-0.05, 0) is 31.5 Å². The second kappa shape index (κ2) is 10.7. The normalized spacial score (nSPS) is 11.0. The van der Waals surface area contributed by atoms with E-state index in [2.05, 4.69) is 51.8 Å². The van der Waals surface area contributed by atoms with Gasteiger partial charge >= 0.3 is 0 Å². The minimum Gasteiger partial charge on any atom is -0.444 e. The van der Waals surface area contributed by atoms with Crippen LogP contribution < -0.4 is 10.6 Å². The van der Waals surface area contributed by atoms with Gasteiger partial charge in [0.15, 0.2) is 5.96 Å². The van der Waals surface area contributed by atoms with E-state index in [-0.39, 0.29) is 24.0 Å². The summed E-state index contributed by atoms with van der Waals surface area (Å²) in [5, 5.41) is 6.56. The van der Waals surface area contributed by atoms with Crippen LogP contribution in [0.3, 0.4) is 0 Å². The molecular formula is C21H25IN4O. The molecule has 3 aromatic rings. The number of aromatic nitrogens is 1. The van der Waals surface area contributed by atoms with Crippen molar-refractivity contribution in [3.05, 3.63) is 77.7 Å². The monoisotopic (exact) mass is 476 g/mol. The van der Waals surface area contributed by atoms with Crippen LogP contribution in [0.15, 0.2) is 70.3 Å². The number of benzene rings is 2. The Morgan fingerprint density at radius 3 is 2.63 bits per heavy atom. The fourth-order valence-electron chi connectivity index (χ4n) is 2.60. The number of aryl methyl sites for hydroxylation is 1. The molecule has 2 aromatic carbocycles. The standard InChI is InChI=1S/C21H24N4O.HI/c1-3-22-21(23-13-17-9-7-8-16(2)12-17)24-14-19-15-26-20(25-19)18-10-5-4-6-11-18;/h4-12,15H,3,13-14H2,1-2H3,(H2,22,23,24);1H. The molecule has 0 radical (unpaired) electrons. The molecule has 3 rings (SSSR count). The molecule has 0 saturated carbocycles. The Morgan fingerprint density at radius 2 is 1.89 bits per heavy atom. The van der Waals surface area contributed by atoms with Gasteiger partial charge in [0.05, 0.1) is 18.8 Å². The van der Waals surface area contributed by atoms with Gasteiger partial charge in [-0.3, -0.25) is 0 Å². The zero-order valence-corrected chi connectivity index (χ0v) is 17.9. The molecule has 0 aliphatic rings. The van der Waals surface area contributed by atoms with E-state index in [0.29, 0.717) is 19.0 Å². The van der Waals surface area contributed by atoms with Crippen LogP contribution in [0.1, 0.15) is 23.7 Å². The molecule has 0 unspecified atom stereocenters. The van der Waals surface area contributed by atoms with Crippen molar-refractivity contribution in [1.29, 1.82) is 0 Å². The maximum absolute atomic E-state index is 5.57. The Morgan fingerprint density at radius 1 is 1.07 bits per heavy atom. The van der Waals surface area contributed by atoms with E-state index in [1.165, 1.54) is 11.1 Å².